The van der Waals surface area contributed by atoms with Crippen LogP contribution in [0.1, 0.15) is 39.0 Å². The molecule has 18 heavy (non-hydrogen) atoms. The molecule has 0 amide bonds. The Bertz CT molecular complexity index is 266. The molecule has 0 spiro atoms. The van der Waals surface area contributed by atoms with E-state index < -0.39 is 23.8 Å². The number of carbonyl (C=O) groups is 2. The van der Waals surface area contributed by atoms with Crippen LogP contribution in [-0.4, -0.2) is 30.4 Å². The van der Waals surface area contributed by atoms with Crippen molar-refractivity contribution in [2.45, 2.75) is 44.3 Å². The fourth-order valence-corrected chi connectivity index (χ4v) is 1.21. The minimum atomic E-state index is -3.82. The molecule has 0 aliphatic heterocycles. The first-order valence-electron chi connectivity index (χ1n) is 5.81. The van der Waals surface area contributed by atoms with Gasteiger partial charge in [0.1, 0.15) is 13.2 Å². The lowest BCUT2D eigenvalue weighted by Gasteiger charge is -2.09. The van der Waals surface area contributed by atoms with E-state index in [9.17, 15) is 18.4 Å². The highest BCUT2D eigenvalue weighted by Gasteiger charge is 2.35. The second-order valence-electron chi connectivity index (χ2n) is 3.71. The summed E-state index contributed by atoms with van der Waals surface area (Å²) in [5.74, 6) is -2.16. The van der Waals surface area contributed by atoms with Crippen LogP contribution in [0.5, 0.6) is 0 Å². The van der Waals surface area contributed by atoms with Crippen molar-refractivity contribution in [3.63, 3.8) is 0 Å². The van der Waals surface area contributed by atoms with Crippen molar-refractivity contribution in [2.75, 3.05) is 13.2 Å². The van der Waals surface area contributed by atoms with Crippen molar-refractivity contribution < 1.29 is 27.8 Å². The Balaban J connectivity index is 3.49. The minimum absolute atomic E-state index is 0.220. The average molecular weight is 284 g/mol. The van der Waals surface area contributed by atoms with Crippen LogP contribution < -0.4 is 0 Å². The zero-order chi connectivity index (χ0) is 14.0. The molecular weight excluding hydrogens is 266 g/mol. The van der Waals surface area contributed by atoms with Crippen LogP contribution in [0.2, 0.25) is 0 Å². The van der Waals surface area contributed by atoms with Crippen molar-refractivity contribution in [1.82, 2.24) is 0 Å². The Labute approximate surface area is 110 Å². The van der Waals surface area contributed by atoms with Gasteiger partial charge < -0.3 is 9.47 Å². The van der Waals surface area contributed by atoms with Crippen molar-refractivity contribution in [1.29, 1.82) is 0 Å². The van der Waals surface area contributed by atoms with Crippen LogP contribution in [0.15, 0.2) is 0 Å². The Morgan fingerprint density at radius 2 is 1.72 bits per heavy atom. The normalized spacial score (nSPS) is 11.1. The third-order valence-corrected chi connectivity index (χ3v) is 2.24. The molecule has 0 saturated carbocycles. The number of unbranched alkanes of at least 4 members (excludes halogenated alkanes) is 3. The van der Waals surface area contributed by atoms with Gasteiger partial charge in [0.05, 0.1) is 0 Å². The lowest BCUT2D eigenvalue weighted by atomic mass is 10.2. The van der Waals surface area contributed by atoms with Gasteiger partial charge in [0.15, 0.2) is 0 Å². The van der Waals surface area contributed by atoms with E-state index in [1.807, 2.05) is 0 Å². The zero-order valence-electron chi connectivity index (χ0n) is 10.3. The highest BCUT2D eigenvalue weighted by atomic mass is 32.1. The topological polar surface area (TPSA) is 52.6 Å². The largest absolute Gasteiger partial charge is 0.462 e. The number of alkyl halides is 2. The molecule has 0 bridgehead atoms. The summed E-state index contributed by atoms with van der Waals surface area (Å²) in [5, 5.41) is -3.82. The van der Waals surface area contributed by atoms with E-state index in [2.05, 4.69) is 24.3 Å². The lowest BCUT2D eigenvalue weighted by Crippen LogP contribution is -2.26. The van der Waals surface area contributed by atoms with E-state index in [1.54, 1.807) is 0 Å². The molecule has 0 saturated heterocycles. The van der Waals surface area contributed by atoms with E-state index >= 15 is 0 Å². The van der Waals surface area contributed by atoms with E-state index in [1.165, 1.54) is 0 Å². The molecule has 0 aliphatic rings. The van der Waals surface area contributed by atoms with Crippen molar-refractivity contribution in [2.24, 2.45) is 0 Å². The summed E-state index contributed by atoms with van der Waals surface area (Å²) in [4.78, 5) is 21.7. The summed E-state index contributed by atoms with van der Waals surface area (Å²) in [6, 6.07) is 0. The van der Waals surface area contributed by atoms with Gasteiger partial charge in [0, 0.05) is 6.42 Å². The number of hydrogen-bond donors (Lipinski definition) is 1. The van der Waals surface area contributed by atoms with Crippen LogP contribution in [0, 0.1) is 0 Å². The monoisotopic (exact) mass is 284 g/mol. The maximum Gasteiger partial charge on any atom is 0.388 e. The smallest absolute Gasteiger partial charge is 0.388 e. The predicted molar refractivity (Wildman–Crippen MR) is 64.6 cm³/mol. The van der Waals surface area contributed by atoms with E-state index in [-0.39, 0.29) is 13.0 Å². The molecule has 0 radical (unpaired) electrons. The number of carbonyl (C=O) groups excluding carboxylic acids is 2. The van der Waals surface area contributed by atoms with E-state index in [0.29, 0.717) is 0 Å². The first-order chi connectivity index (χ1) is 8.38. The molecule has 106 valence electrons. The van der Waals surface area contributed by atoms with Gasteiger partial charge in [-0.2, -0.15) is 8.78 Å². The van der Waals surface area contributed by atoms with Crippen molar-refractivity contribution in [3.8, 4) is 0 Å². The fraction of sp³-hybridized carbons (Fsp3) is 0.818. The van der Waals surface area contributed by atoms with Crippen molar-refractivity contribution >= 4 is 24.6 Å². The zero-order valence-corrected chi connectivity index (χ0v) is 11.2. The summed E-state index contributed by atoms with van der Waals surface area (Å²) in [6.45, 7) is 1.45. The molecule has 0 aromatic rings. The molecule has 0 atom stereocenters. The molecule has 0 aliphatic carbocycles. The lowest BCUT2D eigenvalue weighted by molar-refractivity contribution is -0.163. The van der Waals surface area contributed by atoms with Gasteiger partial charge >= 0.3 is 17.2 Å². The molecule has 0 rings (SSSR count). The summed E-state index contributed by atoms with van der Waals surface area (Å²) in [7, 11) is 0. The van der Waals surface area contributed by atoms with Gasteiger partial charge in [0.25, 0.3) is 0 Å². The predicted octanol–water partition coefficient (Wildman–Crippen LogP) is 2.57. The summed E-state index contributed by atoms with van der Waals surface area (Å²) in [5.41, 5.74) is 0. The first-order valence-corrected chi connectivity index (χ1v) is 6.25. The first kappa shape index (κ1) is 17.2. The second-order valence-corrected chi connectivity index (χ2v) is 4.27. The maximum absolute atomic E-state index is 12.2. The van der Waals surface area contributed by atoms with Crippen LogP contribution in [0.25, 0.3) is 0 Å². The Kier molecular flexibility index (Phi) is 8.70. The van der Waals surface area contributed by atoms with E-state index in [0.717, 1.165) is 25.7 Å². The molecule has 7 heteroatoms. The van der Waals surface area contributed by atoms with Crippen LogP contribution in [-0.2, 0) is 19.1 Å². The highest BCUT2D eigenvalue weighted by Crippen LogP contribution is 2.19. The van der Waals surface area contributed by atoms with Gasteiger partial charge in [0.2, 0.25) is 0 Å². The van der Waals surface area contributed by atoms with Gasteiger partial charge in [-0.15, -0.1) is 0 Å². The molecule has 0 aromatic carbocycles. The van der Waals surface area contributed by atoms with Gasteiger partial charge in [-0.05, 0) is 6.42 Å². The van der Waals surface area contributed by atoms with Gasteiger partial charge in [-0.3, -0.25) is 4.79 Å². The standard InChI is InChI=1S/C11H18F2O4S/c1-2-3-4-5-6-9(14)16-7-8-17-10(15)11(12,13)18/h18H,2-8H2,1H3. The molecule has 0 fully saturated rings. The molecule has 4 nitrogen and oxygen atoms in total. The summed E-state index contributed by atoms with van der Waals surface area (Å²) >= 11 is 2.74. The molecule has 0 aromatic heterocycles. The number of hydrogen-bond acceptors (Lipinski definition) is 5. The molecular formula is C11H18F2O4S. The quantitative estimate of drug-likeness (QED) is 0.402. The third kappa shape index (κ3) is 9.21. The Morgan fingerprint density at radius 1 is 1.11 bits per heavy atom. The van der Waals surface area contributed by atoms with Crippen LogP contribution in [0.3, 0.4) is 0 Å². The summed E-state index contributed by atoms with van der Waals surface area (Å²) in [6.07, 6.45) is 4.11. The van der Waals surface area contributed by atoms with Crippen molar-refractivity contribution in [3.05, 3.63) is 0 Å². The van der Waals surface area contributed by atoms with Crippen LogP contribution in [0.4, 0.5) is 8.78 Å². The second kappa shape index (κ2) is 9.13. The summed E-state index contributed by atoms with van der Waals surface area (Å²) < 4.78 is 33.3. The number of halogens is 2. The van der Waals surface area contributed by atoms with E-state index in [4.69, 9.17) is 4.74 Å². The minimum Gasteiger partial charge on any atom is -0.462 e. The highest BCUT2D eigenvalue weighted by molar-refractivity contribution is 7.82. The average Bonchev–Trinajstić information content (AvgIpc) is 2.28. The van der Waals surface area contributed by atoms with Gasteiger partial charge in [-0.25, -0.2) is 4.79 Å². The number of ether oxygens (including phenoxy) is 2. The number of thiol groups is 1. The van der Waals surface area contributed by atoms with Gasteiger partial charge in [-0.1, -0.05) is 38.8 Å². The molecule has 0 N–H and O–H groups in total. The molecule has 0 unspecified atom stereocenters. The fourth-order valence-electron chi connectivity index (χ4n) is 1.14. The Hall–Kier alpha value is -0.850. The Morgan fingerprint density at radius 3 is 2.28 bits per heavy atom. The SMILES string of the molecule is CCCCCCC(=O)OCCOC(=O)C(F)(F)S. The third-order valence-electron chi connectivity index (χ3n) is 2.06. The number of esters is 2. The number of rotatable bonds is 9. The molecule has 0 heterocycles. The maximum atomic E-state index is 12.2. The van der Waals surface area contributed by atoms with Crippen LogP contribution >= 0.6 is 12.6 Å².